The Morgan fingerprint density at radius 3 is 1.61 bits per heavy atom. The normalized spacial score (nSPS) is 9.57. The number of hydrogen-bond donors (Lipinski definition) is 0. The predicted octanol–water partition coefficient (Wildman–Crippen LogP) is -3.75. The average molecular weight is 427 g/mol. The number of nitrogens with zero attached hydrogens (tertiary/aromatic N) is 2. The van der Waals surface area contributed by atoms with Crippen molar-refractivity contribution in [2.45, 2.75) is 0 Å². The van der Waals surface area contributed by atoms with Crippen molar-refractivity contribution in [3.05, 3.63) is 82.9 Å². The van der Waals surface area contributed by atoms with Crippen LogP contribution in [0.15, 0.2) is 72.8 Å². The van der Waals surface area contributed by atoms with Crippen LogP contribution in [-0.4, -0.2) is 15.6 Å². The summed E-state index contributed by atoms with van der Waals surface area (Å²) in [5, 5.41) is 30.2. The van der Waals surface area contributed by atoms with Gasteiger partial charge in [-0.05, 0) is 24.4 Å². The monoisotopic (exact) mass is 426 g/mol. The first-order valence-electron chi connectivity index (χ1n) is 7.60. The van der Waals surface area contributed by atoms with Gasteiger partial charge in [0.05, 0.1) is 16.0 Å². The zero-order chi connectivity index (χ0) is 18.7. The Balaban J connectivity index is 0.000000601. The van der Waals surface area contributed by atoms with Crippen molar-refractivity contribution < 1.29 is 123 Å². The van der Waals surface area contributed by atoms with Crippen LogP contribution in [-0.2, 0) is 0 Å². The SMILES string of the molecule is O=C([O-])[O-].O=[N+]([O-])c1ccccc1-n1c2ccccc2c2ccccc21.[K+].[K+]. The van der Waals surface area contributed by atoms with Crippen LogP contribution >= 0.6 is 0 Å². The first-order valence-corrected chi connectivity index (χ1v) is 7.60. The molecule has 1 heterocycles. The summed E-state index contributed by atoms with van der Waals surface area (Å²) in [5.41, 5.74) is 2.63. The van der Waals surface area contributed by atoms with Crippen LogP contribution in [0.5, 0.6) is 0 Å². The minimum absolute atomic E-state index is 0. The summed E-state index contributed by atoms with van der Waals surface area (Å²) in [4.78, 5) is 19.4. The number of para-hydroxylation sites is 4. The summed E-state index contributed by atoms with van der Waals surface area (Å²) in [5.74, 6) is 0. The van der Waals surface area contributed by atoms with Crippen LogP contribution in [0.2, 0.25) is 0 Å². The number of carboxylic acid groups (broad SMARTS) is 2. The Bertz CT molecular complexity index is 1070. The molecular formula is C19H12K2N2O5. The number of benzene rings is 3. The van der Waals surface area contributed by atoms with Crippen LogP contribution in [0.4, 0.5) is 10.5 Å². The number of hydrogen-bond acceptors (Lipinski definition) is 5. The van der Waals surface area contributed by atoms with Crippen molar-refractivity contribution >= 4 is 33.6 Å². The van der Waals surface area contributed by atoms with E-state index in [4.69, 9.17) is 15.0 Å². The van der Waals surface area contributed by atoms with Crippen molar-refractivity contribution in [2.75, 3.05) is 0 Å². The molecule has 0 amide bonds. The Morgan fingerprint density at radius 1 is 0.750 bits per heavy atom. The standard InChI is InChI=1S/C18H12N2O2.CH2O3.2K/c21-20(22)18-12-6-5-11-17(18)19-15-9-3-1-7-13(15)14-8-2-4-10-16(14)19;2-1(3)4;;/h1-12H;(H2,2,3,4);;/q;;2*+1/p-2. The van der Waals surface area contributed by atoms with E-state index in [0.29, 0.717) is 5.69 Å². The van der Waals surface area contributed by atoms with Crippen LogP contribution in [0.25, 0.3) is 27.5 Å². The molecule has 0 N–H and O–H groups in total. The molecule has 0 atom stereocenters. The molecule has 0 aliphatic carbocycles. The number of aromatic nitrogens is 1. The molecule has 130 valence electrons. The Hall–Kier alpha value is -0.597. The molecule has 0 saturated carbocycles. The molecule has 0 spiro atoms. The quantitative estimate of drug-likeness (QED) is 0.186. The molecule has 7 nitrogen and oxygen atoms in total. The number of nitro groups is 1. The van der Waals surface area contributed by atoms with Gasteiger partial charge in [-0.3, -0.25) is 10.1 Å². The minimum Gasteiger partial charge on any atom is -0.652 e. The smallest absolute Gasteiger partial charge is 0.652 e. The second kappa shape index (κ2) is 11.6. The van der Waals surface area contributed by atoms with Gasteiger partial charge in [-0.15, -0.1) is 0 Å². The second-order valence-corrected chi connectivity index (χ2v) is 5.37. The number of fused-ring (bicyclic) bond motifs is 3. The van der Waals surface area contributed by atoms with Gasteiger partial charge in [0, 0.05) is 16.8 Å². The fourth-order valence-electron chi connectivity index (χ4n) is 2.99. The van der Waals surface area contributed by atoms with E-state index in [9.17, 15) is 10.1 Å². The third-order valence-corrected chi connectivity index (χ3v) is 3.90. The fourth-order valence-corrected chi connectivity index (χ4v) is 2.99. The van der Waals surface area contributed by atoms with E-state index in [-0.39, 0.29) is 113 Å². The van der Waals surface area contributed by atoms with Gasteiger partial charge in [-0.1, -0.05) is 48.5 Å². The molecule has 9 heteroatoms. The maximum absolute atomic E-state index is 11.4. The van der Waals surface area contributed by atoms with Crippen molar-refractivity contribution in [3.8, 4) is 5.69 Å². The van der Waals surface area contributed by atoms with E-state index in [2.05, 4.69) is 0 Å². The summed E-state index contributed by atoms with van der Waals surface area (Å²) in [6.45, 7) is 0. The van der Waals surface area contributed by atoms with Gasteiger partial charge in [-0.25, -0.2) is 0 Å². The van der Waals surface area contributed by atoms with Gasteiger partial charge in [-0.2, -0.15) is 0 Å². The predicted molar refractivity (Wildman–Crippen MR) is 92.8 cm³/mol. The van der Waals surface area contributed by atoms with Crippen LogP contribution in [0, 0.1) is 10.1 Å². The van der Waals surface area contributed by atoms with Gasteiger partial charge < -0.3 is 19.6 Å². The van der Waals surface area contributed by atoms with Crippen molar-refractivity contribution in [3.63, 3.8) is 0 Å². The third kappa shape index (κ3) is 5.51. The first kappa shape index (κ1) is 25.4. The molecule has 28 heavy (non-hydrogen) atoms. The molecule has 0 unspecified atom stereocenters. The zero-order valence-electron chi connectivity index (χ0n) is 15.4. The Morgan fingerprint density at radius 2 is 1.14 bits per heavy atom. The molecule has 4 rings (SSSR count). The Kier molecular flexibility index (Phi) is 10.5. The molecule has 0 radical (unpaired) electrons. The van der Waals surface area contributed by atoms with E-state index in [1.165, 1.54) is 0 Å². The van der Waals surface area contributed by atoms with Crippen LogP contribution < -0.4 is 113 Å². The van der Waals surface area contributed by atoms with Crippen molar-refractivity contribution in [2.24, 2.45) is 0 Å². The molecule has 0 aliphatic heterocycles. The zero-order valence-corrected chi connectivity index (χ0v) is 21.6. The van der Waals surface area contributed by atoms with Gasteiger partial charge in [0.1, 0.15) is 5.69 Å². The first-order chi connectivity index (χ1) is 12.5. The summed E-state index contributed by atoms with van der Waals surface area (Å²) >= 11 is 0. The Labute approximate surface area is 245 Å². The molecule has 0 fully saturated rings. The van der Waals surface area contributed by atoms with Crippen molar-refractivity contribution in [1.82, 2.24) is 4.57 Å². The summed E-state index contributed by atoms with van der Waals surface area (Å²) < 4.78 is 1.96. The number of nitro benzene ring substituents is 1. The number of carbonyl (C=O) groups is 1. The van der Waals surface area contributed by atoms with E-state index in [0.717, 1.165) is 21.8 Å². The van der Waals surface area contributed by atoms with Crippen LogP contribution in [0.1, 0.15) is 0 Å². The maximum atomic E-state index is 11.4. The molecule has 4 aromatic rings. The summed E-state index contributed by atoms with van der Waals surface area (Å²) in [7, 11) is 0. The second-order valence-electron chi connectivity index (χ2n) is 5.37. The van der Waals surface area contributed by atoms with E-state index < -0.39 is 6.16 Å². The summed E-state index contributed by atoms with van der Waals surface area (Å²) in [6, 6.07) is 22.8. The van der Waals surface area contributed by atoms with Gasteiger partial charge in [0.15, 0.2) is 0 Å². The number of carbonyl (C=O) groups excluding carboxylic acids is 1. The van der Waals surface area contributed by atoms with E-state index in [1.807, 2.05) is 59.2 Å². The molecule has 1 aromatic heterocycles. The molecule has 0 bridgehead atoms. The van der Waals surface area contributed by atoms with E-state index >= 15 is 0 Å². The minimum atomic E-state index is -2.33. The molecule has 0 saturated heterocycles. The third-order valence-electron chi connectivity index (χ3n) is 3.90. The molecule has 0 aliphatic rings. The fraction of sp³-hybridized carbons (Fsp3) is 0. The molecule has 3 aromatic carbocycles. The molecular weight excluding hydrogens is 414 g/mol. The van der Waals surface area contributed by atoms with Gasteiger partial charge in [0.25, 0.3) is 5.69 Å². The topological polar surface area (TPSA) is 111 Å². The number of rotatable bonds is 2. The van der Waals surface area contributed by atoms with Gasteiger partial charge >= 0.3 is 103 Å². The maximum Gasteiger partial charge on any atom is 1.00 e. The van der Waals surface area contributed by atoms with Gasteiger partial charge in [0.2, 0.25) is 0 Å². The van der Waals surface area contributed by atoms with E-state index in [1.54, 1.807) is 18.2 Å². The largest absolute Gasteiger partial charge is 1.00 e. The summed E-state index contributed by atoms with van der Waals surface area (Å²) in [6.07, 6.45) is -2.33. The van der Waals surface area contributed by atoms with Crippen molar-refractivity contribution in [1.29, 1.82) is 0 Å². The average Bonchev–Trinajstić information content (AvgIpc) is 2.96. The van der Waals surface area contributed by atoms with Crippen LogP contribution in [0.3, 0.4) is 0 Å².